The summed E-state index contributed by atoms with van der Waals surface area (Å²) in [6.45, 7) is 0. The fourth-order valence-corrected chi connectivity index (χ4v) is 3.20. The second-order valence-corrected chi connectivity index (χ2v) is 6.69. The molecule has 1 aromatic heterocycles. The molecule has 0 bridgehead atoms. The maximum absolute atomic E-state index is 12.3. The summed E-state index contributed by atoms with van der Waals surface area (Å²) < 4.78 is 0. The number of hydrogen-bond donors (Lipinski definition) is 1. The van der Waals surface area contributed by atoms with Crippen LogP contribution in [0.5, 0.6) is 0 Å². The summed E-state index contributed by atoms with van der Waals surface area (Å²) in [5, 5.41) is 3.60. The van der Waals surface area contributed by atoms with Crippen molar-refractivity contribution in [2.24, 2.45) is 0 Å². The van der Waals surface area contributed by atoms with Crippen molar-refractivity contribution in [2.75, 3.05) is 0 Å². The minimum absolute atomic E-state index is 0.0266. The van der Waals surface area contributed by atoms with Gasteiger partial charge in [0.25, 0.3) is 5.91 Å². The van der Waals surface area contributed by atoms with Gasteiger partial charge in [0, 0.05) is 12.2 Å². The van der Waals surface area contributed by atoms with Gasteiger partial charge in [-0.05, 0) is 25.0 Å². The second kappa shape index (κ2) is 9.83. The van der Waals surface area contributed by atoms with E-state index in [9.17, 15) is 4.79 Å². The van der Waals surface area contributed by atoms with Crippen LogP contribution in [0.3, 0.4) is 0 Å². The van der Waals surface area contributed by atoms with Gasteiger partial charge in [0.2, 0.25) is 0 Å². The first-order chi connectivity index (χ1) is 10.8. The highest BCUT2D eigenvalue weighted by Gasteiger charge is 2.14. The molecule has 1 aliphatic rings. The molecule has 1 amide bonds. The largest absolute Gasteiger partial charge is 0.349 e. The quantitative estimate of drug-likeness (QED) is 0.766. The molecule has 0 aromatic carbocycles. The van der Waals surface area contributed by atoms with E-state index in [2.05, 4.69) is 10.3 Å². The summed E-state index contributed by atoms with van der Waals surface area (Å²) in [6, 6.07) is 3.69. The van der Waals surface area contributed by atoms with Gasteiger partial charge in [0.1, 0.15) is 5.15 Å². The summed E-state index contributed by atoms with van der Waals surface area (Å²) in [7, 11) is 0. The first-order valence-corrected chi connectivity index (χ1v) is 9.06. The number of rotatable bonds is 2. The van der Waals surface area contributed by atoms with Gasteiger partial charge in [0.05, 0.1) is 5.56 Å². The number of aromatic nitrogens is 1. The SMILES string of the molecule is O=C(NC1CCCCCCCCCCC1)c1ccc(Cl)nc1. The Balaban J connectivity index is 1.86. The lowest BCUT2D eigenvalue weighted by Crippen LogP contribution is -2.35. The Hall–Kier alpha value is -1.09. The molecule has 2 rings (SSSR count). The van der Waals surface area contributed by atoms with Crippen LogP contribution in [-0.2, 0) is 0 Å². The fourth-order valence-electron chi connectivity index (χ4n) is 3.09. The zero-order valence-corrected chi connectivity index (χ0v) is 14.1. The summed E-state index contributed by atoms with van der Waals surface area (Å²) in [5.41, 5.74) is 0.593. The Morgan fingerprint density at radius 2 is 1.50 bits per heavy atom. The van der Waals surface area contributed by atoms with E-state index in [-0.39, 0.29) is 5.91 Å². The Morgan fingerprint density at radius 1 is 0.955 bits per heavy atom. The molecule has 1 aromatic rings. The number of hydrogen-bond acceptors (Lipinski definition) is 2. The monoisotopic (exact) mass is 322 g/mol. The van der Waals surface area contributed by atoms with E-state index in [1.165, 1.54) is 57.8 Å². The zero-order chi connectivity index (χ0) is 15.6. The molecular weight excluding hydrogens is 296 g/mol. The van der Waals surface area contributed by atoms with Crippen LogP contribution in [0, 0.1) is 0 Å². The number of amides is 1. The minimum atomic E-state index is -0.0266. The van der Waals surface area contributed by atoms with E-state index < -0.39 is 0 Å². The smallest absolute Gasteiger partial charge is 0.253 e. The molecule has 0 atom stereocenters. The average molecular weight is 323 g/mol. The van der Waals surface area contributed by atoms with Crippen LogP contribution >= 0.6 is 11.6 Å². The summed E-state index contributed by atoms with van der Waals surface area (Å²) in [4.78, 5) is 16.3. The van der Waals surface area contributed by atoms with Crippen molar-refractivity contribution in [3.63, 3.8) is 0 Å². The van der Waals surface area contributed by atoms with Crippen LogP contribution in [-0.4, -0.2) is 16.9 Å². The van der Waals surface area contributed by atoms with Crippen LogP contribution in [0.15, 0.2) is 18.3 Å². The highest BCUT2D eigenvalue weighted by molar-refractivity contribution is 6.29. The van der Waals surface area contributed by atoms with E-state index in [0.717, 1.165) is 12.8 Å². The lowest BCUT2D eigenvalue weighted by atomic mass is 9.98. The van der Waals surface area contributed by atoms with Gasteiger partial charge in [-0.1, -0.05) is 69.4 Å². The van der Waals surface area contributed by atoms with Crippen molar-refractivity contribution >= 4 is 17.5 Å². The number of carbonyl (C=O) groups excluding carboxylic acids is 1. The molecule has 1 fully saturated rings. The number of nitrogens with one attached hydrogen (secondary N) is 1. The van der Waals surface area contributed by atoms with E-state index in [4.69, 9.17) is 11.6 Å². The van der Waals surface area contributed by atoms with Gasteiger partial charge < -0.3 is 5.32 Å². The van der Waals surface area contributed by atoms with Crippen molar-refractivity contribution in [2.45, 2.75) is 76.7 Å². The predicted octanol–water partition coefficient (Wildman–Crippen LogP) is 5.14. The van der Waals surface area contributed by atoms with Crippen LogP contribution in [0.25, 0.3) is 0 Å². The topological polar surface area (TPSA) is 42.0 Å². The van der Waals surface area contributed by atoms with Crippen LogP contribution < -0.4 is 5.32 Å². The van der Waals surface area contributed by atoms with Crippen molar-refractivity contribution in [3.8, 4) is 0 Å². The maximum Gasteiger partial charge on any atom is 0.253 e. The highest BCUT2D eigenvalue weighted by atomic mass is 35.5. The summed E-state index contributed by atoms with van der Waals surface area (Å²) in [6.07, 6.45) is 15.5. The molecule has 0 radical (unpaired) electrons. The molecule has 3 nitrogen and oxygen atoms in total. The van der Waals surface area contributed by atoms with Crippen molar-refractivity contribution in [3.05, 3.63) is 29.0 Å². The van der Waals surface area contributed by atoms with Gasteiger partial charge >= 0.3 is 0 Å². The Labute approximate surface area is 138 Å². The Kier molecular flexibility index (Phi) is 7.72. The molecule has 0 unspecified atom stereocenters. The van der Waals surface area contributed by atoms with E-state index in [0.29, 0.717) is 16.8 Å². The lowest BCUT2D eigenvalue weighted by molar-refractivity contribution is 0.0931. The fraction of sp³-hybridized carbons (Fsp3) is 0.667. The number of nitrogens with zero attached hydrogens (tertiary/aromatic N) is 1. The molecule has 22 heavy (non-hydrogen) atoms. The van der Waals surface area contributed by atoms with Gasteiger partial charge in [-0.3, -0.25) is 4.79 Å². The normalized spacial score (nSPS) is 19.0. The standard InChI is InChI=1S/C18H27ClN2O/c19-17-13-12-15(14-20-17)18(22)21-16-10-8-6-4-2-1-3-5-7-9-11-16/h12-14,16H,1-11H2,(H,21,22). The van der Waals surface area contributed by atoms with E-state index >= 15 is 0 Å². The number of halogens is 1. The third-order valence-electron chi connectivity index (χ3n) is 4.43. The summed E-state index contributed by atoms with van der Waals surface area (Å²) >= 11 is 5.77. The van der Waals surface area contributed by atoms with Crippen molar-refractivity contribution < 1.29 is 4.79 Å². The molecule has 1 heterocycles. The Bertz CT molecular complexity index is 435. The average Bonchev–Trinajstić information content (AvgIpc) is 2.50. The van der Waals surface area contributed by atoms with Crippen molar-refractivity contribution in [1.82, 2.24) is 10.3 Å². The molecule has 1 aliphatic carbocycles. The molecule has 0 aliphatic heterocycles. The van der Waals surface area contributed by atoms with Gasteiger partial charge in [-0.2, -0.15) is 0 Å². The number of carbonyl (C=O) groups is 1. The number of pyridine rings is 1. The lowest BCUT2D eigenvalue weighted by Gasteiger charge is -2.19. The van der Waals surface area contributed by atoms with Gasteiger partial charge in [0.15, 0.2) is 0 Å². The molecule has 0 spiro atoms. The van der Waals surface area contributed by atoms with Crippen LogP contribution in [0.2, 0.25) is 5.15 Å². The second-order valence-electron chi connectivity index (χ2n) is 6.30. The van der Waals surface area contributed by atoms with Crippen LogP contribution in [0.4, 0.5) is 0 Å². The van der Waals surface area contributed by atoms with Gasteiger partial charge in [-0.15, -0.1) is 0 Å². The molecule has 122 valence electrons. The predicted molar refractivity (Wildman–Crippen MR) is 91.3 cm³/mol. The van der Waals surface area contributed by atoms with Crippen LogP contribution in [0.1, 0.15) is 81.0 Å². The highest BCUT2D eigenvalue weighted by Crippen LogP contribution is 2.17. The first kappa shape index (κ1) is 17.3. The molecule has 0 saturated heterocycles. The van der Waals surface area contributed by atoms with E-state index in [1.807, 2.05) is 0 Å². The molecular formula is C18H27ClN2O. The minimum Gasteiger partial charge on any atom is -0.349 e. The van der Waals surface area contributed by atoms with Gasteiger partial charge in [-0.25, -0.2) is 4.98 Å². The first-order valence-electron chi connectivity index (χ1n) is 8.68. The maximum atomic E-state index is 12.3. The Morgan fingerprint density at radius 3 is 2.00 bits per heavy atom. The molecule has 4 heteroatoms. The third kappa shape index (κ3) is 6.35. The van der Waals surface area contributed by atoms with E-state index in [1.54, 1.807) is 18.3 Å². The third-order valence-corrected chi connectivity index (χ3v) is 4.65. The molecule has 1 N–H and O–H groups in total. The molecule has 1 saturated carbocycles. The zero-order valence-electron chi connectivity index (χ0n) is 13.3. The summed E-state index contributed by atoms with van der Waals surface area (Å²) in [5.74, 6) is -0.0266. The van der Waals surface area contributed by atoms with Crippen molar-refractivity contribution in [1.29, 1.82) is 0 Å².